The predicted molar refractivity (Wildman–Crippen MR) is 88.4 cm³/mol. The normalized spacial score (nSPS) is 14.1. The molecule has 0 aliphatic carbocycles. The third kappa shape index (κ3) is 2.29. The maximum atomic E-state index is 12.7. The Morgan fingerprint density at radius 2 is 2.25 bits per heavy atom. The molecule has 124 valence electrons. The van der Waals surface area contributed by atoms with Gasteiger partial charge in [-0.2, -0.15) is 5.10 Å². The Morgan fingerprint density at radius 1 is 1.38 bits per heavy atom. The first-order valence-corrected chi connectivity index (χ1v) is 7.90. The van der Waals surface area contributed by atoms with Crippen molar-refractivity contribution in [3.05, 3.63) is 24.0 Å². The van der Waals surface area contributed by atoms with Crippen LogP contribution in [0.5, 0.6) is 0 Å². The molecule has 0 aromatic carbocycles. The molecule has 1 aliphatic rings. The molecule has 3 aromatic rings. The van der Waals surface area contributed by atoms with Gasteiger partial charge in [0.1, 0.15) is 11.8 Å². The van der Waals surface area contributed by atoms with Crippen LogP contribution in [0.15, 0.2) is 12.7 Å². The molecule has 24 heavy (non-hydrogen) atoms. The van der Waals surface area contributed by atoms with Gasteiger partial charge in [0.05, 0.1) is 23.4 Å². The molecular formula is C15H18N8O. The molecule has 0 saturated carbocycles. The van der Waals surface area contributed by atoms with Gasteiger partial charge in [-0.25, -0.2) is 15.0 Å². The van der Waals surface area contributed by atoms with Gasteiger partial charge >= 0.3 is 0 Å². The lowest BCUT2D eigenvalue weighted by Gasteiger charge is -2.27. The number of aromatic nitrogens is 6. The van der Waals surface area contributed by atoms with E-state index in [0.29, 0.717) is 29.9 Å². The van der Waals surface area contributed by atoms with Gasteiger partial charge in [0.25, 0.3) is 0 Å². The molecule has 0 saturated heterocycles. The van der Waals surface area contributed by atoms with Crippen LogP contribution in [0.25, 0.3) is 11.2 Å². The van der Waals surface area contributed by atoms with E-state index < -0.39 is 0 Å². The number of anilines is 2. The molecule has 1 amide bonds. The molecule has 0 spiro atoms. The van der Waals surface area contributed by atoms with Crippen LogP contribution < -0.4 is 10.6 Å². The van der Waals surface area contributed by atoms with Crippen molar-refractivity contribution in [1.82, 2.24) is 29.7 Å². The fourth-order valence-corrected chi connectivity index (χ4v) is 3.19. The van der Waals surface area contributed by atoms with Crippen LogP contribution in [0.4, 0.5) is 11.5 Å². The first-order valence-electron chi connectivity index (χ1n) is 7.90. The van der Waals surface area contributed by atoms with Crippen LogP contribution in [0.3, 0.4) is 0 Å². The lowest BCUT2D eigenvalue weighted by atomic mass is 10.1. The monoisotopic (exact) mass is 326 g/mol. The van der Waals surface area contributed by atoms with Gasteiger partial charge in [-0.1, -0.05) is 0 Å². The van der Waals surface area contributed by atoms with E-state index in [1.54, 1.807) is 6.33 Å². The second kappa shape index (κ2) is 5.59. The number of carbonyl (C=O) groups is 1. The summed E-state index contributed by atoms with van der Waals surface area (Å²) >= 11 is 0. The molecule has 9 heteroatoms. The lowest BCUT2D eigenvalue weighted by Crippen LogP contribution is -2.36. The van der Waals surface area contributed by atoms with E-state index in [0.717, 1.165) is 36.5 Å². The fourth-order valence-electron chi connectivity index (χ4n) is 3.19. The van der Waals surface area contributed by atoms with E-state index in [1.165, 1.54) is 6.33 Å². The third-order valence-corrected chi connectivity index (χ3v) is 4.35. The molecule has 0 radical (unpaired) electrons. The zero-order chi connectivity index (χ0) is 16.7. The molecule has 0 atom stereocenters. The molecular weight excluding hydrogens is 308 g/mol. The fraction of sp³-hybridized carbons (Fsp3) is 0.400. The number of H-pyrrole nitrogens is 1. The molecule has 0 fully saturated rings. The minimum absolute atomic E-state index is 0.0735. The number of rotatable bonds is 3. The van der Waals surface area contributed by atoms with Crippen LogP contribution in [-0.4, -0.2) is 42.2 Å². The maximum Gasteiger partial charge on any atom is 0.228 e. The van der Waals surface area contributed by atoms with E-state index >= 15 is 0 Å². The average molecular weight is 326 g/mol. The summed E-state index contributed by atoms with van der Waals surface area (Å²) in [6.45, 7) is 3.17. The van der Waals surface area contributed by atoms with Gasteiger partial charge in [-0.3, -0.25) is 9.89 Å². The van der Waals surface area contributed by atoms with Crippen molar-refractivity contribution >= 4 is 28.6 Å². The Morgan fingerprint density at radius 3 is 3.12 bits per heavy atom. The molecule has 4 rings (SSSR count). The SMILES string of the molecule is Cc1[nH]nc2c1N(C(=O)CCn1cnc3c(N)ncnc31)CCC2. The number of imidazole rings is 1. The number of nitrogens with one attached hydrogen (secondary N) is 1. The third-order valence-electron chi connectivity index (χ3n) is 4.35. The summed E-state index contributed by atoms with van der Waals surface area (Å²) in [7, 11) is 0. The summed E-state index contributed by atoms with van der Waals surface area (Å²) in [6, 6.07) is 0. The number of aromatic amines is 1. The largest absolute Gasteiger partial charge is 0.382 e. The van der Waals surface area contributed by atoms with Crippen molar-refractivity contribution < 1.29 is 4.79 Å². The summed E-state index contributed by atoms with van der Waals surface area (Å²) in [4.78, 5) is 26.9. The van der Waals surface area contributed by atoms with Gasteiger partial charge in [0.2, 0.25) is 5.91 Å². The predicted octanol–water partition coefficient (Wildman–Crippen LogP) is 0.810. The van der Waals surface area contributed by atoms with Crippen molar-refractivity contribution in [2.75, 3.05) is 17.2 Å². The number of hydrogen-bond donors (Lipinski definition) is 2. The molecule has 0 bridgehead atoms. The molecule has 0 unspecified atom stereocenters. The van der Waals surface area contributed by atoms with Crippen LogP contribution in [0.1, 0.15) is 24.2 Å². The number of nitrogen functional groups attached to an aromatic ring is 1. The van der Waals surface area contributed by atoms with Crippen LogP contribution in [-0.2, 0) is 17.8 Å². The Bertz CT molecular complexity index is 911. The molecule has 9 nitrogen and oxygen atoms in total. The van der Waals surface area contributed by atoms with E-state index in [1.807, 2.05) is 16.4 Å². The summed E-state index contributed by atoms with van der Waals surface area (Å²) in [6.07, 6.45) is 5.25. The highest BCUT2D eigenvalue weighted by molar-refractivity contribution is 5.95. The van der Waals surface area contributed by atoms with Crippen LogP contribution in [0, 0.1) is 6.92 Å². The molecule has 3 N–H and O–H groups in total. The average Bonchev–Trinajstić information content (AvgIpc) is 3.18. The maximum absolute atomic E-state index is 12.7. The molecule has 4 heterocycles. The highest BCUT2D eigenvalue weighted by Crippen LogP contribution is 2.29. The number of nitrogens with zero attached hydrogens (tertiary/aromatic N) is 6. The van der Waals surface area contributed by atoms with Gasteiger partial charge in [0.15, 0.2) is 11.5 Å². The number of hydrogen-bond acceptors (Lipinski definition) is 6. The van der Waals surface area contributed by atoms with Crippen molar-refractivity contribution in [3.8, 4) is 0 Å². The zero-order valence-corrected chi connectivity index (χ0v) is 13.4. The van der Waals surface area contributed by atoms with Crippen LogP contribution >= 0.6 is 0 Å². The Kier molecular flexibility index (Phi) is 3.40. The first-order chi connectivity index (χ1) is 11.6. The number of carbonyl (C=O) groups excluding carboxylic acids is 1. The number of fused-ring (bicyclic) bond motifs is 2. The van der Waals surface area contributed by atoms with Gasteiger partial charge in [0, 0.05) is 19.5 Å². The Balaban J connectivity index is 1.53. The summed E-state index contributed by atoms with van der Waals surface area (Å²) in [5.41, 5.74) is 9.85. The minimum Gasteiger partial charge on any atom is -0.382 e. The smallest absolute Gasteiger partial charge is 0.228 e. The number of aryl methyl sites for hydroxylation is 3. The lowest BCUT2D eigenvalue weighted by molar-refractivity contribution is -0.118. The number of amides is 1. The van der Waals surface area contributed by atoms with E-state index in [2.05, 4.69) is 25.1 Å². The van der Waals surface area contributed by atoms with Crippen molar-refractivity contribution in [2.24, 2.45) is 0 Å². The van der Waals surface area contributed by atoms with Gasteiger partial charge in [-0.05, 0) is 19.8 Å². The standard InChI is InChI=1S/C15H18N8O/c1-9-13-10(21-20-9)3-2-5-23(13)11(24)4-6-22-8-19-12-14(16)17-7-18-15(12)22/h7-8H,2-6H2,1H3,(H,20,21)(H2,16,17,18). The quantitative estimate of drug-likeness (QED) is 0.735. The number of nitrogens with two attached hydrogens (primary N) is 1. The second-order valence-electron chi connectivity index (χ2n) is 5.91. The minimum atomic E-state index is 0.0735. The first kappa shape index (κ1) is 14.6. The molecule has 1 aliphatic heterocycles. The van der Waals surface area contributed by atoms with E-state index in [4.69, 9.17) is 5.73 Å². The Hall–Kier alpha value is -2.97. The second-order valence-corrected chi connectivity index (χ2v) is 5.91. The zero-order valence-electron chi connectivity index (χ0n) is 13.4. The van der Waals surface area contributed by atoms with E-state index in [-0.39, 0.29) is 5.91 Å². The van der Waals surface area contributed by atoms with Crippen molar-refractivity contribution in [2.45, 2.75) is 32.7 Å². The van der Waals surface area contributed by atoms with E-state index in [9.17, 15) is 4.79 Å². The summed E-state index contributed by atoms with van der Waals surface area (Å²) in [5, 5.41) is 7.26. The summed E-state index contributed by atoms with van der Waals surface area (Å²) < 4.78 is 1.83. The van der Waals surface area contributed by atoms with Gasteiger partial charge < -0.3 is 15.2 Å². The van der Waals surface area contributed by atoms with Crippen molar-refractivity contribution in [3.63, 3.8) is 0 Å². The van der Waals surface area contributed by atoms with Crippen LogP contribution in [0.2, 0.25) is 0 Å². The molecule has 3 aromatic heterocycles. The summed E-state index contributed by atoms with van der Waals surface area (Å²) in [5.74, 6) is 0.420. The highest BCUT2D eigenvalue weighted by Gasteiger charge is 2.26. The topological polar surface area (TPSA) is 119 Å². The Labute approximate surface area is 137 Å². The van der Waals surface area contributed by atoms with Gasteiger partial charge in [-0.15, -0.1) is 0 Å². The highest BCUT2D eigenvalue weighted by atomic mass is 16.2. The van der Waals surface area contributed by atoms with Crippen molar-refractivity contribution in [1.29, 1.82) is 0 Å².